The van der Waals surface area contributed by atoms with Crippen molar-refractivity contribution < 1.29 is 33.5 Å². The van der Waals surface area contributed by atoms with E-state index in [1.807, 2.05) is 48.6 Å². The Hall–Kier alpha value is -6.19. The fourth-order valence-corrected chi connectivity index (χ4v) is 9.29. The molecule has 0 spiro atoms. The second-order valence-corrected chi connectivity index (χ2v) is 20.5. The molecule has 0 saturated heterocycles. The van der Waals surface area contributed by atoms with Gasteiger partial charge in [0, 0.05) is 11.6 Å². The van der Waals surface area contributed by atoms with E-state index in [0.29, 0.717) is 46.2 Å². The molecule has 0 aliphatic carbocycles. The summed E-state index contributed by atoms with van der Waals surface area (Å²) in [4.78, 5) is 38.0. The molecular formula is C66H84ClNO8. The Kier molecular flexibility index (Phi) is 28.7. The molecule has 0 radical (unpaired) electrons. The van der Waals surface area contributed by atoms with E-state index in [-0.39, 0.29) is 22.9 Å². The number of hydrogen-bond acceptors (Lipinski definition) is 8. The zero-order chi connectivity index (χ0) is 54.0. The average molecular weight is 1050 g/mol. The molecule has 76 heavy (non-hydrogen) atoms. The second kappa shape index (κ2) is 36.0. The van der Waals surface area contributed by atoms with Crippen LogP contribution in [0.4, 0.5) is 5.69 Å². The molecule has 0 N–H and O–H groups in total. The third-order valence-electron chi connectivity index (χ3n) is 13.8. The normalized spacial score (nSPS) is 11.4. The van der Waals surface area contributed by atoms with Crippen molar-refractivity contribution in [2.75, 3.05) is 13.2 Å². The van der Waals surface area contributed by atoms with Gasteiger partial charge < -0.3 is 18.9 Å². The maximum atomic E-state index is 13.2. The number of nitrogens with zero attached hydrogens (tertiary/aromatic N) is 1. The first kappa shape index (κ1) is 60.7. The van der Waals surface area contributed by atoms with Gasteiger partial charge in [0.25, 0.3) is 0 Å². The van der Waals surface area contributed by atoms with Crippen molar-refractivity contribution in [2.45, 2.75) is 181 Å². The van der Waals surface area contributed by atoms with Crippen LogP contribution in [0.25, 0.3) is 24.3 Å². The number of nitro benzene ring substituents is 1. The van der Waals surface area contributed by atoms with Gasteiger partial charge in [-0.3, -0.25) is 10.1 Å². The Morgan fingerprint density at radius 3 is 1.18 bits per heavy atom. The van der Waals surface area contributed by atoms with E-state index in [1.54, 1.807) is 79.7 Å². The zero-order valence-corrected chi connectivity index (χ0v) is 46.6. The number of esters is 2. The monoisotopic (exact) mass is 1050 g/mol. The summed E-state index contributed by atoms with van der Waals surface area (Å²) < 4.78 is 23.4. The van der Waals surface area contributed by atoms with E-state index in [0.717, 1.165) is 42.4 Å². The average Bonchev–Trinajstić information content (AvgIpc) is 3.43. The van der Waals surface area contributed by atoms with Crippen molar-refractivity contribution in [1.29, 1.82) is 0 Å². The van der Waals surface area contributed by atoms with Crippen LogP contribution in [-0.2, 0) is 0 Å². The number of carbonyl (C=O) groups is 2. The van der Waals surface area contributed by atoms with Crippen LogP contribution < -0.4 is 18.9 Å². The molecule has 0 aliphatic heterocycles. The van der Waals surface area contributed by atoms with Crippen molar-refractivity contribution in [3.05, 3.63) is 157 Å². The third-order valence-corrected chi connectivity index (χ3v) is 14.1. The highest BCUT2D eigenvalue weighted by Crippen LogP contribution is 2.32. The predicted molar refractivity (Wildman–Crippen MR) is 314 cm³/mol. The first-order chi connectivity index (χ1) is 37.1. The van der Waals surface area contributed by atoms with Crippen molar-refractivity contribution in [3.8, 4) is 23.0 Å². The number of unbranched alkanes of at least 4 members (excludes halogenated alkanes) is 23. The van der Waals surface area contributed by atoms with Crippen LogP contribution in [0, 0.1) is 17.0 Å². The molecular weight excluding hydrogens is 970 g/mol. The summed E-state index contributed by atoms with van der Waals surface area (Å²) in [5.41, 5.74) is 4.38. The second-order valence-electron chi connectivity index (χ2n) is 20.1. The first-order valence-corrected chi connectivity index (χ1v) is 29.0. The zero-order valence-electron chi connectivity index (χ0n) is 45.8. The van der Waals surface area contributed by atoms with Crippen molar-refractivity contribution in [2.24, 2.45) is 0 Å². The van der Waals surface area contributed by atoms with Crippen molar-refractivity contribution in [1.82, 2.24) is 0 Å². The van der Waals surface area contributed by atoms with Crippen LogP contribution in [0.15, 0.2) is 103 Å². The van der Waals surface area contributed by atoms with Crippen LogP contribution >= 0.6 is 11.6 Å². The molecule has 5 aromatic carbocycles. The lowest BCUT2D eigenvalue weighted by atomic mass is 10.0. The molecule has 0 saturated carbocycles. The summed E-state index contributed by atoms with van der Waals surface area (Å²) in [6.07, 6.45) is 39.4. The van der Waals surface area contributed by atoms with Gasteiger partial charge in [0.05, 0.1) is 34.3 Å². The van der Waals surface area contributed by atoms with Gasteiger partial charge >= 0.3 is 17.6 Å². The summed E-state index contributed by atoms with van der Waals surface area (Å²) in [7, 11) is 0. The molecule has 9 nitrogen and oxygen atoms in total. The lowest BCUT2D eigenvalue weighted by Gasteiger charge is -2.12. The predicted octanol–water partition coefficient (Wildman–Crippen LogP) is 19.9. The number of rotatable bonds is 38. The molecule has 0 fully saturated rings. The van der Waals surface area contributed by atoms with Gasteiger partial charge in [-0.2, -0.15) is 0 Å². The summed E-state index contributed by atoms with van der Waals surface area (Å²) >= 11 is 6.59. The fourth-order valence-electron chi connectivity index (χ4n) is 9.05. The van der Waals surface area contributed by atoms with Gasteiger partial charge in [-0.25, -0.2) is 9.59 Å². The van der Waals surface area contributed by atoms with Crippen LogP contribution in [-0.4, -0.2) is 30.1 Å². The largest absolute Gasteiger partial charge is 0.492 e. The van der Waals surface area contributed by atoms with E-state index < -0.39 is 16.9 Å². The molecule has 10 heteroatoms. The maximum Gasteiger partial charge on any atom is 0.343 e. The van der Waals surface area contributed by atoms with Gasteiger partial charge in [-0.1, -0.05) is 240 Å². The van der Waals surface area contributed by atoms with Crippen LogP contribution in [0.3, 0.4) is 0 Å². The molecule has 5 aromatic rings. The van der Waals surface area contributed by atoms with E-state index >= 15 is 0 Å². The summed E-state index contributed by atoms with van der Waals surface area (Å²) in [5, 5.41) is 12.5. The number of carbonyl (C=O) groups excluding carboxylic acids is 2. The number of halogens is 1. The quantitative estimate of drug-likeness (QED) is 0.00959. The van der Waals surface area contributed by atoms with Crippen LogP contribution in [0.1, 0.15) is 223 Å². The minimum Gasteiger partial charge on any atom is -0.492 e. The Labute approximate surface area is 459 Å². The number of nitro groups is 1. The molecule has 408 valence electrons. The van der Waals surface area contributed by atoms with Gasteiger partial charge in [0.1, 0.15) is 17.2 Å². The Morgan fingerprint density at radius 2 is 0.789 bits per heavy atom. The third kappa shape index (κ3) is 23.0. The summed E-state index contributed by atoms with van der Waals surface area (Å²) in [6.45, 7) is 7.34. The molecule has 5 rings (SSSR count). The minimum absolute atomic E-state index is 0.0729. The molecule has 0 bridgehead atoms. The summed E-state index contributed by atoms with van der Waals surface area (Å²) in [5.74, 6) is 0.373. The lowest BCUT2D eigenvalue weighted by Crippen LogP contribution is -2.12. The number of hydrogen-bond donors (Lipinski definition) is 0. The Bertz CT molecular complexity index is 2550. The topological polar surface area (TPSA) is 114 Å². The van der Waals surface area contributed by atoms with Crippen molar-refractivity contribution >= 4 is 53.5 Å². The molecule has 0 atom stereocenters. The standard InChI is InChI=1S/C66H84ClNO8/c1-4-6-8-10-12-14-16-18-20-21-23-25-27-48-73-63-46-40-55(50-59(63)67)34-32-53-36-42-57(43-37-53)65(69)75-61-30-29-31-62(52(61)3)76-66(70)58-44-38-54(39-45-58)33-35-56-41-47-64(60(51-56)68(71)72)74-49-28-26-24-22-19-17-15-13-11-9-7-5-2/h29-47,50-51H,4-28,48-49H2,1-3H3/b34-32+,35-33+. The lowest BCUT2D eigenvalue weighted by molar-refractivity contribution is -0.385. The highest BCUT2D eigenvalue weighted by atomic mass is 35.5. The van der Waals surface area contributed by atoms with E-state index in [4.69, 9.17) is 30.5 Å². The van der Waals surface area contributed by atoms with Crippen molar-refractivity contribution in [3.63, 3.8) is 0 Å². The van der Waals surface area contributed by atoms with Crippen LogP contribution in [0.5, 0.6) is 23.0 Å². The molecule has 0 amide bonds. The smallest absolute Gasteiger partial charge is 0.343 e. The van der Waals surface area contributed by atoms with E-state index in [1.165, 1.54) is 141 Å². The Morgan fingerprint density at radius 1 is 0.447 bits per heavy atom. The fraction of sp³-hybridized carbons (Fsp3) is 0.455. The molecule has 0 heterocycles. The maximum absolute atomic E-state index is 13.2. The molecule has 0 unspecified atom stereocenters. The van der Waals surface area contributed by atoms with Gasteiger partial charge in [0.2, 0.25) is 0 Å². The Balaban J connectivity index is 1.01. The van der Waals surface area contributed by atoms with Gasteiger partial charge in [-0.05, 0) is 96.6 Å². The highest BCUT2D eigenvalue weighted by Gasteiger charge is 2.18. The van der Waals surface area contributed by atoms with E-state index in [2.05, 4.69) is 13.8 Å². The van der Waals surface area contributed by atoms with Gasteiger partial charge in [0.15, 0.2) is 5.75 Å². The summed E-state index contributed by atoms with van der Waals surface area (Å²) in [6, 6.07) is 29.6. The molecule has 0 aliphatic rings. The first-order valence-electron chi connectivity index (χ1n) is 28.6. The molecule has 0 aromatic heterocycles. The number of benzene rings is 5. The SMILES string of the molecule is CCCCCCCCCCCCCCCOc1ccc(/C=C/c2ccc(C(=O)Oc3cccc(OC(=O)c4ccc(/C=C/c5ccc(OCCCCCCCCCCCCCC)c([N+](=O)[O-])c5)cc4)c3C)cc2)cc1Cl. The number of ether oxygens (including phenoxy) is 4. The van der Waals surface area contributed by atoms with Crippen LogP contribution in [0.2, 0.25) is 5.02 Å². The van der Waals surface area contributed by atoms with E-state index in [9.17, 15) is 19.7 Å². The van der Waals surface area contributed by atoms with Gasteiger partial charge in [-0.15, -0.1) is 0 Å². The minimum atomic E-state index is -0.577. The highest BCUT2D eigenvalue weighted by molar-refractivity contribution is 6.32.